The van der Waals surface area contributed by atoms with Gasteiger partial charge in [-0.3, -0.25) is 0 Å². The normalized spacial score (nSPS) is 16.4. The lowest BCUT2D eigenvalue weighted by molar-refractivity contribution is 0.565. The maximum absolute atomic E-state index is 3.45. The van der Waals surface area contributed by atoms with Gasteiger partial charge in [-0.1, -0.05) is 19.1 Å². The molecule has 1 nitrogen and oxygen atoms in total. The van der Waals surface area contributed by atoms with Gasteiger partial charge in [0.15, 0.2) is 0 Å². The first-order valence-electron chi connectivity index (χ1n) is 5.77. The Morgan fingerprint density at radius 1 is 1.47 bits per heavy atom. The fourth-order valence-corrected chi connectivity index (χ4v) is 3.24. The molecule has 0 saturated heterocycles. The first-order chi connectivity index (χ1) is 7.29. The van der Waals surface area contributed by atoms with Crippen LogP contribution in [0.3, 0.4) is 0 Å². The van der Waals surface area contributed by atoms with Crippen LogP contribution in [0.5, 0.6) is 0 Å². The largest absolute Gasteiger partial charge is 0.314 e. The van der Waals surface area contributed by atoms with E-state index in [1.54, 1.807) is 5.56 Å². The number of fused-ring (bicyclic) bond motifs is 1. The van der Waals surface area contributed by atoms with E-state index in [1.165, 1.54) is 22.6 Å². The summed E-state index contributed by atoms with van der Waals surface area (Å²) in [6, 6.07) is 7.56. The number of hydrogen-bond acceptors (Lipinski definition) is 2. The van der Waals surface area contributed by atoms with Gasteiger partial charge in [0.25, 0.3) is 0 Å². The Morgan fingerprint density at radius 2 is 2.33 bits per heavy atom. The molecule has 1 atom stereocenters. The van der Waals surface area contributed by atoms with Crippen molar-refractivity contribution in [2.75, 3.05) is 12.3 Å². The Balaban J connectivity index is 2.03. The van der Waals surface area contributed by atoms with Crippen molar-refractivity contribution in [3.8, 4) is 0 Å². The first kappa shape index (κ1) is 11.0. The van der Waals surface area contributed by atoms with Gasteiger partial charge in [0, 0.05) is 16.7 Å². The maximum atomic E-state index is 3.45. The predicted octanol–water partition coefficient (Wildman–Crippen LogP) is 2.88. The molecule has 82 valence electrons. The molecule has 1 aliphatic rings. The fourth-order valence-electron chi connectivity index (χ4n) is 2.11. The van der Waals surface area contributed by atoms with E-state index < -0.39 is 0 Å². The number of benzene rings is 1. The number of thioether (sulfide) groups is 1. The second kappa shape index (κ2) is 5.04. The van der Waals surface area contributed by atoms with Gasteiger partial charge in [-0.15, -0.1) is 11.8 Å². The second-order valence-electron chi connectivity index (χ2n) is 4.20. The van der Waals surface area contributed by atoms with Crippen molar-refractivity contribution in [3.63, 3.8) is 0 Å². The molecule has 0 fully saturated rings. The Bertz CT molecular complexity index is 335. The van der Waals surface area contributed by atoms with Crippen LogP contribution in [0.1, 0.15) is 25.0 Å². The van der Waals surface area contributed by atoms with E-state index >= 15 is 0 Å². The van der Waals surface area contributed by atoms with Crippen molar-refractivity contribution in [3.05, 3.63) is 29.3 Å². The lowest BCUT2D eigenvalue weighted by atomic mass is 10.0. The molecule has 2 heteroatoms. The van der Waals surface area contributed by atoms with E-state index in [2.05, 4.69) is 37.4 Å². The molecule has 0 saturated carbocycles. The van der Waals surface area contributed by atoms with Gasteiger partial charge in [0.05, 0.1) is 0 Å². The summed E-state index contributed by atoms with van der Waals surface area (Å²) in [4.78, 5) is 1.51. The van der Waals surface area contributed by atoms with Crippen LogP contribution < -0.4 is 5.32 Å². The van der Waals surface area contributed by atoms with E-state index in [-0.39, 0.29) is 0 Å². The van der Waals surface area contributed by atoms with Crippen LogP contribution in [-0.4, -0.2) is 18.3 Å². The van der Waals surface area contributed by atoms with Gasteiger partial charge < -0.3 is 5.32 Å². The molecule has 1 aromatic carbocycles. The fraction of sp³-hybridized carbons (Fsp3) is 0.538. The SMILES string of the molecule is CCNC(C)Cc1ccc2c(c1)SCC2. The zero-order chi connectivity index (χ0) is 10.7. The minimum atomic E-state index is 0.583. The average molecular weight is 221 g/mol. The molecule has 0 aliphatic carbocycles. The van der Waals surface area contributed by atoms with Crippen molar-refractivity contribution < 1.29 is 0 Å². The molecule has 1 unspecified atom stereocenters. The predicted molar refractivity (Wildman–Crippen MR) is 67.7 cm³/mol. The van der Waals surface area contributed by atoms with Crippen molar-refractivity contribution >= 4 is 11.8 Å². The first-order valence-corrected chi connectivity index (χ1v) is 6.76. The smallest absolute Gasteiger partial charge is 0.0107 e. The van der Waals surface area contributed by atoms with E-state index in [4.69, 9.17) is 0 Å². The van der Waals surface area contributed by atoms with Crippen molar-refractivity contribution in [1.29, 1.82) is 0 Å². The molecular formula is C13H19NS. The summed E-state index contributed by atoms with van der Waals surface area (Å²) >= 11 is 2.00. The highest BCUT2D eigenvalue weighted by Crippen LogP contribution is 2.31. The highest BCUT2D eigenvalue weighted by Gasteiger charge is 2.12. The minimum absolute atomic E-state index is 0.583. The summed E-state index contributed by atoms with van der Waals surface area (Å²) in [6.07, 6.45) is 2.39. The molecule has 1 heterocycles. The zero-order valence-electron chi connectivity index (χ0n) is 9.55. The molecule has 0 radical (unpaired) electrons. The molecule has 0 amide bonds. The van der Waals surface area contributed by atoms with Crippen LogP contribution >= 0.6 is 11.8 Å². The van der Waals surface area contributed by atoms with E-state index in [0.717, 1.165) is 13.0 Å². The second-order valence-corrected chi connectivity index (χ2v) is 5.34. The molecule has 0 aromatic heterocycles. The molecule has 2 rings (SSSR count). The highest BCUT2D eigenvalue weighted by atomic mass is 32.2. The zero-order valence-corrected chi connectivity index (χ0v) is 10.4. The quantitative estimate of drug-likeness (QED) is 0.839. The molecule has 15 heavy (non-hydrogen) atoms. The van der Waals surface area contributed by atoms with Crippen molar-refractivity contribution in [1.82, 2.24) is 5.32 Å². The lowest BCUT2D eigenvalue weighted by Gasteiger charge is -2.12. The Labute approximate surface area is 96.7 Å². The summed E-state index contributed by atoms with van der Waals surface area (Å²) in [5.41, 5.74) is 3.01. The standard InChI is InChI=1S/C13H19NS/c1-3-14-10(2)8-11-4-5-12-6-7-15-13(12)9-11/h4-5,9-10,14H,3,6-8H2,1-2H3. The number of hydrogen-bond donors (Lipinski definition) is 1. The topological polar surface area (TPSA) is 12.0 Å². The Hall–Kier alpha value is -0.470. The van der Waals surface area contributed by atoms with Gasteiger partial charge >= 0.3 is 0 Å². The third-order valence-corrected chi connectivity index (χ3v) is 3.95. The third kappa shape index (κ3) is 2.76. The molecule has 0 spiro atoms. The van der Waals surface area contributed by atoms with Gasteiger partial charge in [-0.05, 0) is 43.5 Å². The minimum Gasteiger partial charge on any atom is -0.314 e. The molecule has 1 aromatic rings. The molecule has 0 bridgehead atoms. The van der Waals surface area contributed by atoms with Crippen molar-refractivity contribution in [2.24, 2.45) is 0 Å². The average Bonchev–Trinajstić information content (AvgIpc) is 2.65. The number of nitrogens with one attached hydrogen (secondary N) is 1. The number of likely N-dealkylation sites (N-methyl/N-ethyl adjacent to an activating group) is 1. The van der Waals surface area contributed by atoms with Crippen LogP contribution in [0.4, 0.5) is 0 Å². The van der Waals surface area contributed by atoms with Gasteiger partial charge in [0.2, 0.25) is 0 Å². The molecular weight excluding hydrogens is 202 g/mol. The summed E-state index contributed by atoms with van der Waals surface area (Å²) < 4.78 is 0. The summed E-state index contributed by atoms with van der Waals surface area (Å²) in [6.45, 7) is 5.47. The van der Waals surface area contributed by atoms with Crippen LogP contribution in [-0.2, 0) is 12.8 Å². The van der Waals surface area contributed by atoms with Gasteiger partial charge in [-0.25, -0.2) is 0 Å². The van der Waals surface area contributed by atoms with Crippen LogP contribution in [0.25, 0.3) is 0 Å². The Kier molecular flexibility index (Phi) is 3.71. The van der Waals surface area contributed by atoms with Crippen LogP contribution in [0.15, 0.2) is 23.1 Å². The molecule has 1 aliphatic heterocycles. The van der Waals surface area contributed by atoms with E-state index in [0.29, 0.717) is 6.04 Å². The monoisotopic (exact) mass is 221 g/mol. The maximum Gasteiger partial charge on any atom is 0.0107 e. The summed E-state index contributed by atoms with van der Waals surface area (Å²) in [7, 11) is 0. The van der Waals surface area contributed by atoms with E-state index in [1.807, 2.05) is 11.8 Å². The number of rotatable bonds is 4. The Morgan fingerprint density at radius 3 is 3.13 bits per heavy atom. The molecule has 1 N–H and O–H groups in total. The summed E-state index contributed by atoms with van der Waals surface area (Å²) in [5.74, 6) is 1.27. The van der Waals surface area contributed by atoms with E-state index in [9.17, 15) is 0 Å². The van der Waals surface area contributed by atoms with Gasteiger partial charge in [-0.2, -0.15) is 0 Å². The number of aryl methyl sites for hydroxylation is 1. The highest BCUT2D eigenvalue weighted by molar-refractivity contribution is 7.99. The third-order valence-electron chi connectivity index (χ3n) is 2.86. The van der Waals surface area contributed by atoms with Crippen molar-refractivity contribution in [2.45, 2.75) is 37.6 Å². The lowest BCUT2D eigenvalue weighted by Crippen LogP contribution is -2.27. The van der Waals surface area contributed by atoms with Crippen LogP contribution in [0.2, 0.25) is 0 Å². The van der Waals surface area contributed by atoms with Gasteiger partial charge in [0.1, 0.15) is 0 Å². The van der Waals surface area contributed by atoms with Crippen LogP contribution in [0, 0.1) is 0 Å². The summed E-state index contributed by atoms with van der Waals surface area (Å²) in [5, 5.41) is 3.45.